The molecule has 138 valence electrons. The number of benzene rings is 1. The summed E-state index contributed by atoms with van der Waals surface area (Å²) in [6, 6.07) is 8.40. The fraction of sp³-hybridized carbons (Fsp3) is 0.650. The van der Waals surface area contributed by atoms with Gasteiger partial charge < -0.3 is 14.8 Å². The molecule has 0 aromatic heterocycles. The third-order valence-electron chi connectivity index (χ3n) is 5.26. The van der Waals surface area contributed by atoms with Crippen LogP contribution >= 0.6 is 0 Å². The van der Waals surface area contributed by atoms with Crippen LogP contribution in [0.3, 0.4) is 0 Å². The molecule has 2 aliphatic heterocycles. The van der Waals surface area contributed by atoms with Crippen LogP contribution in [0.4, 0.5) is 0 Å². The average molecular weight is 346 g/mol. The zero-order valence-corrected chi connectivity index (χ0v) is 15.2. The van der Waals surface area contributed by atoms with Crippen molar-refractivity contribution in [3.05, 3.63) is 29.8 Å². The second kappa shape index (κ2) is 9.20. The maximum absolute atomic E-state index is 12.2. The third-order valence-corrected chi connectivity index (χ3v) is 5.26. The standard InChI is InChI=1S/C20H30N2O3/c1-2-25-19-5-3-16(4-6-19)13-20(23)21-14-17-7-10-22(11-8-17)18-9-12-24-15-18/h3-6,17-18H,2,7-15H2,1H3,(H,21,23)/t18-/m1/s1. The van der Waals surface area contributed by atoms with Gasteiger partial charge in [0, 0.05) is 19.2 Å². The number of carbonyl (C=O) groups excluding carboxylic acids is 1. The molecule has 5 nitrogen and oxygen atoms in total. The predicted octanol–water partition coefficient (Wildman–Crippen LogP) is 2.24. The predicted molar refractivity (Wildman–Crippen MR) is 97.8 cm³/mol. The number of piperidine rings is 1. The largest absolute Gasteiger partial charge is 0.494 e. The molecule has 25 heavy (non-hydrogen) atoms. The minimum atomic E-state index is 0.107. The smallest absolute Gasteiger partial charge is 0.224 e. The van der Waals surface area contributed by atoms with Crippen LogP contribution in [0.5, 0.6) is 5.75 Å². The molecule has 2 saturated heterocycles. The summed E-state index contributed by atoms with van der Waals surface area (Å²) in [4.78, 5) is 14.7. The molecule has 0 spiro atoms. The molecule has 2 fully saturated rings. The fourth-order valence-corrected chi connectivity index (χ4v) is 3.71. The highest BCUT2D eigenvalue weighted by atomic mass is 16.5. The highest BCUT2D eigenvalue weighted by Crippen LogP contribution is 2.22. The van der Waals surface area contributed by atoms with E-state index in [1.807, 2.05) is 31.2 Å². The monoisotopic (exact) mass is 346 g/mol. The second-order valence-corrected chi connectivity index (χ2v) is 7.05. The molecule has 0 aliphatic carbocycles. The first-order valence-corrected chi connectivity index (χ1v) is 9.55. The molecular weight excluding hydrogens is 316 g/mol. The molecule has 5 heteroatoms. The summed E-state index contributed by atoms with van der Waals surface area (Å²) < 4.78 is 10.9. The van der Waals surface area contributed by atoms with Crippen LogP contribution in [0.2, 0.25) is 0 Å². The highest BCUT2D eigenvalue weighted by molar-refractivity contribution is 5.78. The van der Waals surface area contributed by atoms with Crippen molar-refractivity contribution in [3.63, 3.8) is 0 Å². The van der Waals surface area contributed by atoms with Gasteiger partial charge in [0.15, 0.2) is 0 Å². The van der Waals surface area contributed by atoms with Gasteiger partial charge in [-0.1, -0.05) is 12.1 Å². The van der Waals surface area contributed by atoms with Gasteiger partial charge in [-0.15, -0.1) is 0 Å². The Bertz CT molecular complexity index is 532. The van der Waals surface area contributed by atoms with Gasteiger partial charge in [0.2, 0.25) is 5.91 Å². The number of amides is 1. The number of hydrogen-bond acceptors (Lipinski definition) is 4. The lowest BCUT2D eigenvalue weighted by atomic mass is 9.95. The maximum atomic E-state index is 12.2. The third kappa shape index (κ3) is 5.44. The lowest BCUT2D eigenvalue weighted by molar-refractivity contribution is -0.120. The van der Waals surface area contributed by atoms with Gasteiger partial charge in [0.25, 0.3) is 0 Å². The quantitative estimate of drug-likeness (QED) is 0.823. The Morgan fingerprint density at radius 2 is 2.00 bits per heavy atom. The van der Waals surface area contributed by atoms with Crippen LogP contribution in [0.25, 0.3) is 0 Å². The summed E-state index contributed by atoms with van der Waals surface area (Å²) in [6.07, 6.45) is 3.94. The van der Waals surface area contributed by atoms with Crippen molar-refractivity contribution in [3.8, 4) is 5.75 Å². The molecule has 0 bridgehead atoms. The normalized spacial score (nSPS) is 22.0. The molecule has 0 radical (unpaired) electrons. The van der Waals surface area contributed by atoms with E-state index >= 15 is 0 Å². The molecule has 0 unspecified atom stereocenters. The molecule has 1 N–H and O–H groups in total. The zero-order valence-electron chi connectivity index (χ0n) is 15.2. The van der Waals surface area contributed by atoms with Crippen LogP contribution < -0.4 is 10.1 Å². The molecule has 0 saturated carbocycles. The minimum absolute atomic E-state index is 0.107. The van der Waals surface area contributed by atoms with E-state index in [4.69, 9.17) is 9.47 Å². The molecule has 1 amide bonds. The van der Waals surface area contributed by atoms with Gasteiger partial charge in [-0.2, -0.15) is 0 Å². The lowest BCUT2D eigenvalue weighted by Gasteiger charge is -2.35. The summed E-state index contributed by atoms with van der Waals surface area (Å²) >= 11 is 0. The van der Waals surface area contributed by atoms with Gasteiger partial charge in [-0.25, -0.2) is 0 Å². The second-order valence-electron chi connectivity index (χ2n) is 7.05. The van der Waals surface area contributed by atoms with E-state index < -0.39 is 0 Å². The first-order chi connectivity index (χ1) is 12.2. The molecule has 3 rings (SSSR count). The van der Waals surface area contributed by atoms with Crippen molar-refractivity contribution in [2.24, 2.45) is 5.92 Å². The Balaban J connectivity index is 1.35. The number of ether oxygens (including phenoxy) is 2. The van der Waals surface area contributed by atoms with Crippen molar-refractivity contribution in [1.82, 2.24) is 10.2 Å². The Kier molecular flexibility index (Phi) is 6.70. The van der Waals surface area contributed by atoms with E-state index in [0.29, 0.717) is 25.0 Å². The summed E-state index contributed by atoms with van der Waals surface area (Å²) in [5, 5.41) is 3.11. The van der Waals surface area contributed by atoms with Crippen LogP contribution in [0, 0.1) is 5.92 Å². The van der Waals surface area contributed by atoms with Gasteiger partial charge in [-0.05, 0) is 62.9 Å². The number of nitrogens with one attached hydrogen (secondary N) is 1. The Morgan fingerprint density at radius 3 is 2.64 bits per heavy atom. The van der Waals surface area contributed by atoms with Crippen molar-refractivity contribution >= 4 is 5.91 Å². The Hall–Kier alpha value is -1.59. The van der Waals surface area contributed by atoms with Gasteiger partial charge in [-0.3, -0.25) is 9.69 Å². The van der Waals surface area contributed by atoms with E-state index in [2.05, 4.69) is 10.2 Å². The Labute approximate surface area is 150 Å². The number of nitrogens with zero attached hydrogens (tertiary/aromatic N) is 1. The van der Waals surface area contributed by atoms with E-state index in [1.54, 1.807) is 0 Å². The Morgan fingerprint density at radius 1 is 1.24 bits per heavy atom. The first-order valence-electron chi connectivity index (χ1n) is 9.55. The molecule has 1 aromatic carbocycles. The summed E-state index contributed by atoms with van der Waals surface area (Å²) in [7, 11) is 0. The number of likely N-dealkylation sites (tertiary alicyclic amines) is 1. The lowest BCUT2D eigenvalue weighted by Crippen LogP contribution is -2.44. The van der Waals surface area contributed by atoms with Crippen LogP contribution in [0.15, 0.2) is 24.3 Å². The van der Waals surface area contributed by atoms with Crippen LogP contribution in [-0.4, -0.2) is 56.3 Å². The number of carbonyl (C=O) groups is 1. The molecule has 1 atom stereocenters. The summed E-state index contributed by atoms with van der Waals surface area (Å²) in [6.45, 7) is 7.49. The SMILES string of the molecule is CCOc1ccc(CC(=O)NCC2CCN([C@@H]3CCOC3)CC2)cc1. The number of rotatable bonds is 7. The van der Waals surface area contributed by atoms with Crippen LogP contribution in [-0.2, 0) is 16.0 Å². The van der Waals surface area contributed by atoms with Gasteiger partial charge in [0.05, 0.1) is 19.6 Å². The zero-order chi connectivity index (χ0) is 17.5. The number of hydrogen-bond donors (Lipinski definition) is 1. The van der Waals surface area contributed by atoms with Gasteiger partial charge >= 0.3 is 0 Å². The van der Waals surface area contributed by atoms with Crippen molar-refractivity contribution < 1.29 is 14.3 Å². The average Bonchev–Trinajstić information content (AvgIpc) is 3.17. The van der Waals surface area contributed by atoms with Crippen molar-refractivity contribution in [2.45, 2.75) is 38.6 Å². The molecule has 2 heterocycles. The molecular formula is C20H30N2O3. The van der Waals surface area contributed by atoms with E-state index in [-0.39, 0.29) is 5.91 Å². The van der Waals surface area contributed by atoms with Gasteiger partial charge in [0.1, 0.15) is 5.75 Å². The van der Waals surface area contributed by atoms with E-state index in [1.165, 1.54) is 19.3 Å². The topological polar surface area (TPSA) is 50.8 Å². The van der Waals surface area contributed by atoms with E-state index in [9.17, 15) is 4.79 Å². The fourth-order valence-electron chi connectivity index (χ4n) is 3.71. The molecule has 1 aromatic rings. The van der Waals surface area contributed by atoms with Crippen molar-refractivity contribution in [2.75, 3.05) is 39.5 Å². The molecule has 2 aliphatic rings. The van der Waals surface area contributed by atoms with Crippen LogP contribution in [0.1, 0.15) is 31.7 Å². The first kappa shape index (κ1) is 18.2. The summed E-state index contributed by atoms with van der Waals surface area (Å²) in [5.41, 5.74) is 1.03. The van der Waals surface area contributed by atoms with Crippen molar-refractivity contribution in [1.29, 1.82) is 0 Å². The minimum Gasteiger partial charge on any atom is -0.494 e. The van der Waals surface area contributed by atoms with E-state index in [0.717, 1.165) is 44.2 Å². The summed E-state index contributed by atoms with van der Waals surface area (Å²) in [5.74, 6) is 1.56. The maximum Gasteiger partial charge on any atom is 0.224 e. The highest BCUT2D eigenvalue weighted by Gasteiger charge is 2.27.